The number of rotatable bonds is 4. The van der Waals surface area contributed by atoms with Crippen molar-refractivity contribution in [2.75, 3.05) is 13.7 Å². The molecular weight excluding hydrogens is 238 g/mol. The Balaban J connectivity index is 2.30. The third kappa shape index (κ3) is 2.60. The Morgan fingerprint density at radius 1 is 1.47 bits per heavy atom. The van der Waals surface area contributed by atoms with Gasteiger partial charge in [0.1, 0.15) is 0 Å². The van der Waals surface area contributed by atoms with Gasteiger partial charge in [0.25, 0.3) is 0 Å². The molecule has 0 atom stereocenters. The fourth-order valence-corrected chi connectivity index (χ4v) is 1.86. The first kappa shape index (κ1) is 12.0. The average molecular weight is 252 g/mol. The molecule has 0 saturated heterocycles. The highest BCUT2D eigenvalue weighted by Crippen LogP contribution is 2.21. The van der Waals surface area contributed by atoms with Crippen LogP contribution in [0.1, 0.15) is 5.56 Å². The summed E-state index contributed by atoms with van der Waals surface area (Å²) in [6, 6.07) is 5.81. The van der Waals surface area contributed by atoms with Crippen molar-refractivity contribution in [2.24, 2.45) is 5.73 Å². The van der Waals surface area contributed by atoms with Crippen LogP contribution in [0.25, 0.3) is 5.69 Å². The van der Waals surface area contributed by atoms with E-state index in [1.807, 2.05) is 18.2 Å². The van der Waals surface area contributed by atoms with E-state index in [9.17, 15) is 0 Å². The van der Waals surface area contributed by atoms with E-state index >= 15 is 0 Å². The number of halogens is 1. The van der Waals surface area contributed by atoms with Gasteiger partial charge in [-0.1, -0.05) is 17.7 Å². The lowest BCUT2D eigenvalue weighted by molar-refractivity contribution is 0.414. The maximum atomic E-state index is 6.17. The van der Waals surface area contributed by atoms with Crippen molar-refractivity contribution >= 4 is 11.6 Å². The molecule has 4 nitrogen and oxygen atoms in total. The molecule has 2 rings (SSSR count). The molecule has 0 spiro atoms. The van der Waals surface area contributed by atoms with Crippen molar-refractivity contribution in [3.8, 4) is 11.4 Å². The highest BCUT2D eigenvalue weighted by Gasteiger charge is 2.04. The molecule has 0 fully saturated rings. The SMILES string of the molecule is COc1cnn(-c2ccc(CCN)c(Cl)c2)c1. The van der Waals surface area contributed by atoms with E-state index in [4.69, 9.17) is 22.1 Å². The molecule has 0 radical (unpaired) electrons. The Morgan fingerprint density at radius 2 is 2.29 bits per heavy atom. The van der Waals surface area contributed by atoms with Crippen LogP contribution in [0, 0.1) is 0 Å². The second kappa shape index (κ2) is 5.21. The van der Waals surface area contributed by atoms with Gasteiger partial charge >= 0.3 is 0 Å². The van der Waals surface area contributed by atoms with Gasteiger partial charge in [-0.15, -0.1) is 0 Å². The van der Waals surface area contributed by atoms with E-state index in [2.05, 4.69) is 5.10 Å². The number of aromatic nitrogens is 2. The minimum Gasteiger partial charge on any atom is -0.493 e. The van der Waals surface area contributed by atoms with Crippen LogP contribution in [0.15, 0.2) is 30.6 Å². The van der Waals surface area contributed by atoms with Crippen molar-refractivity contribution in [3.05, 3.63) is 41.2 Å². The average Bonchev–Trinajstić information content (AvgIpc) is 2.80. The van der Waals surface area contributed by atoms with E-state index in [0.717, 1.165) is 17.7 Å². The normalized spacial score (nSPS) is 10.5. The number of nitrogens with two attached hydrogens (primary N) is 1. The first-order valence-electron chi connectivity index (χ1n) is 5.32. The van der Waals surface area contributed by atoms with Crippen LogP contribution in [-0.4, -0.2) is 23.4 Å². The maximum Gasteiger partial charge on any atom is 0.157 e. The third-order valence-electron chi connectivity index (χ3n) is 2.51. The number of hydrogen-bond donors (Lipinski definition) is 1. The second-order valence-corrected chi connectivity index (χ2v) is 4.05. The summed E-state index contributed by atoms with van der Waals surface area (Å²) in [5.41, 5.74) is 7.46. The summed E-state index contributed by atoms with van der Waals surface area (Å²) in [6.45, 7) is 0.592. The molecule has 0 unspecified atom stereocenters. The van der Waals surface area contributed by atoms with Crippen LogP contribution in [-0.2, 0) is 6.42 Å². The number of ether oxygens (including phenoxy) is 1. The van der Waals surface area contributed by atoms with E-state index in [0.29, 0.717) is 17.3 Å². The standard InChI is InChI=1S/C12H14ClN3O/c1-17-11-7-15-16(8-11)10-3-2-9(4-5-14)12(13)6-10/h2-3,6-8H,4-5,14H2,1H3. The largest absolute Gasteiger partial charge is 0.493 e. The monoisotopic (exact) mass is 251 g/mol. The molecule has 0 aliphatic heterocycles. The summed E-state index contributed by atoms with van der Waals surface area (Å²) in [6.07, 6.45) is 4.23. The van der Waals surface area contributed by atoms with Crippen molar-refractivity contribution in [3.63, 3.8) is 0 Å². The fourth-order valence-electron chi connectivity index (χ4n) is 1.59. The molecule has 0 amide bonds. The molecule has 1 aromatic carbocycles. The van der Waals surface area contributed by atoms with Gasteiger partial charge in [-0.2, -0.15) is 5.10 Å². The number of hydrogen-bond acceptors (Lipinski definition) is 3. The molecule has 17 heavy (non-hydrogen) atoms. The van der Waals surface area contributed by atoms with Gasteiger partial charge in [-0.05, 0) is 30.7 Å². The predicted octanol–water partition coefficient (Wildman–Crippen LogP) is 2.04. The van der Waals surface area contributed by atoms with Crippen LogP contribution < -0.4 is 10.5 Å². The van der Waals surface area contributed by atoms with Gasteiger partial charge in [0.15, 0.2) is 5.75 Å². The Kier molecular flexibility index (Phi) is 3.66. The molecule has 1 heterocycles. The highest BCUT2D eigenvalue weighted by atomic mass is 35.5. The zero-order chi connectivity index (χ0) is 12.3. The highest BCUT2D eigenvalue weighted by molar-refractivity contribution is 6.31. The zero-order valence-electron chi connectivity index (χ0n) is 9.56. The molecule has 2 N–H and O–H groups in total. The Labute approximate surface area is 105 Å². The molecule has 1 aromatic heterocycles. The molecule has 0 aliphatic carbocycles. The predicted molar refractivity (Wildman–Crippen MR) is 67.9 cm³/mol. The first-order chi connectivity index (χ1) is 8.24. The van der Waals surface area contributed by atoms with E-state index in [1.54, 1.807) is 24.2 Å². The summed E-state index contributed by atoms with van der Waals surface area (Å²) >= 11 is 6.17. The van der Waals surface area contributed by atoms with Crippen LogP contribution >= 0.6 is 11.6 Å². The van der Waals surface area contributed by atoms with E-state index in [1.165, 1.54) is 0 Å². The molecular formula is C12H14ClN3O. The summed E-state index contributed by atoms with van der Waals surface area (Å²) in [7, 11) is 1.61. The van der Waals surface area contributed by atoms with Crippen LogP contribution in [0.5, 0.6) is 5.75 Å². The van der Waals surface area contributed by atoms with Gasteiger partial charge in [0.05, 0.1) is 25.2 Å². The van der Waals surface area contributed by atoms with Crippen molar-refractivity contribution in [1.82, 2.24) is 9.78 Å². The third-order valence-corrected chi connectivity index (χ3v) is 2.86. The fraction of sp³-hybridized carbons (Fsp3) is 0.250. The topological polar surface area (TPSA) is 53.1 Å². The van der Waals surface area contributed by atoms with Gasteiger partial charge in [0.2, 0.25) is 0 Å². The molecule has 0 bridgehead atoms. The molecule has 90 valence electrons. The smallest absolute Gasteiger partial charge is 0.157 e. The summed E-state index contributed by atoms with van der Waals surface area (Å²) in [4.78, 5) is 0. The first-order valence-corrected chi connectivity index (χ1v) is 5.70. The van der Waals surface area contributed by atoms with Gasteiger partial charge in [0, 0.05) is 5.02 Å². The van der Waals surface area contributed by atoms with Crippen molar-refractivity contribution in [2.45, 2.75) is 6.42 Å². The summed E-state index contributed by atoms with van der Waals surface area (Å²) in [5, 5.41) is 4.89. The lowest BCUT2D eigenvalue weighted by Gasteiger charge is -2.06. The minimum absolute atomic E-state index is 0.592. The lowest BCUT2D eigenvalue weighted by atomic mass is 10.1. The van der Waals surface area contributed by atoms with Gasteiger partial charge in [-0.25, -0.2) is 4.68 Å². The molecule has 0 aliphatic rings. The van der Waals surface area contributed by atoms with E-state index in [-0.39, 0.29) is 0 Å². The Hall–Kier alpha value is -1.52. The Morgan fingerprint density at radius 3 is 2.88 bits per heavy atom. The van der Waals surface area contributed by atoms with E-state index < -0.39 is 0 Å². The number of methoxy groups -OCH3 is 1. The number of nitrogens with zero attached hydrogens (tertiary/aromatic N) is 2. The molecule has 5 heteroatoms. The summed E-state index contributed by atoms with van der Waals surface area (Å²) in [5.74, 6) is 0.715. The quantitative estimate of drug-likeness (QED) is 0.905. The summed E-state index contributed by atoms with van der Waals surface area (Å²) < 4.78 is 6.80. The molecule has 0 saturated carbocycles. The van der Waals surface area contributed by atoms with Crippen LogP contribution in [0.4, 0.5) is 0 Å². The van der Waals surface area contributed by atoms with Crippen molar-refractivity contribution < 1.29 is 4.74 Å². The molecule has 2 aromatic rings. The van der Waals surface area contributed by atoms with Crippen LogP contribution in [0.2, 0.25) is 5.02 Å². The zero-order valence-corrected chi connectivity index (χ0v) is 10.3. The van der Waals surface area contributed by atoms with Crippen molar-refractivity contribution in [1.29, 1.82) is 0 Å². The number of benzene rings is 1. The van der Waals surface area contributed by atoms with Gasteiger partial charge in [-0.3, -0.25) is 0 Å². The lowest BCUT2D eigenvalue weighted by Crippen LogP contribution is -2.03. The maximum absolute atomic E-state index is 6.17. The second-order valence-electron chi connectivity index (χ2n) is 3.64. The van der Waals surface area contributed by atoms with Gasteiger partial charge < -0.3 is 10.5 Å². The minimum atomic E-state index is 0.592. The Bertz CT molecular complexity index is 510. The van der Waals surface area contributed by atoms with Crippen LogP contribution in [0.3, 0.4) is 0 Å².